The van der Waals surface area contributed by atoms with Crippen LogP contribution in [-0.2, 0) is 11.2 Å². The summed E-state index contributed by atoms with van der Waals surface area (Å²) >= 11 is 11.2. The Morgan fingerprint density at radius 1 is 1.12 bits per heavy atom. The molecule has 0 bridgehead atoms. The Morgan fingerprint density at radius 3 is 2.69 bits per heavy atom. The minimum atomic E-state index is -0.335. The summed E-state index contributed by atoms with van der Waals surface area (Å²) in [6.07, 6.45) is 0.546. The number of oxazole rings is 1. The average molecular weight is 466 g/mol. The van der Waals surface area contributed by atoms with Crippen molar-refractivity contribution in [3.05, 3.63) is 88.8 Å². The van der Waals surface area contributed by atoms with Crippen LogP contribution >= 0.6 is 23.8 Å². The summed E-state index contributed by atoms with van der Waals surface area (Å²) in [6, 6.07) is 20.5. The van der Waals surface area contributed by atoms with Crippen molar-refractivity contribution in [1.82, 2.24) is 10.3 Å². The number of rotatable bonds is 6. The lowest BCUT2D eigenvalue weighted by Crippen LogP contribution is -2.37. The van der Waals surface area contributed by atoms with Crippen LogP contribution in [0.5, 0.6) is 5.75 Å². The molecule has 32 heavy (non-hydrogen) atoms. The van der Waals surface area contributed by atoms with Crippen LogP contribution in [0.4, 0.5) is 5.69 Å². The third kappa shape index (κ3) is 5.63. The van der Waals surface area contributed by atoms with Crippen LogP contribution in [0.25, 0.3) is 11.1 Å². The van der Waals surface area contributed by atoms with Gasteiger partial charge in [-0.05, 0) is 66.7 Å². The quantitative estimate of drug-likeness (QED) is 0.378. The number of thiocarbonyl (C=S) groups is 1. The lowest BCUT2D eigenvalue weighted by Gasteiger charge is -2.11. The maximum atomic E-state index is 12.1. The van der Waals surface area contributed by atoms with Gasteiger partial charge in [-0.15, -0.1) is 0 Å². The Morgan fingerprint density at radius 2 is 1.91 bits per heavy atom. The Balaban J connectivity index is 1.28. The van der Waals surface area contributed by atoms with Crippen molar-refractivity contribution in [1.29, 1.82) is 0 Å². The summed E-state index contributed by atoms with van der Waals surface area (Å²) in [6.45, 7) is 1.80. The van der Waals surface area contributed by atoms with Gasteiger partial charge in [0, 0.05) is 17.1 Å². The second-order valence-corrected chi connectivity index (χ2v) is 7.99. The number of aromatic nitrogens is 1. The molecule has 0 atom stereocenters. The Labute approximate surface area is 195 Å². The summed E-state index contributed by atoms with van der Waals surface area (Å²) in [5.74, 6) is 0.942. The van der Waals surface area contributed by atoms with Gasteiger partial charge in [0.25, 0.3) is 5.91 Å². The van der Waals surface area contributed by atoms with E-state index in [0.717, 1.165) is 22.3 Å². The molecule has 6 nitrogen and oxygen atoms in total. The second kappa shape index (κ2) is 9.80. The molecule has 162 valence electrons. The molecule has 0 unspecified atom stereocenters. The molecular formula is C24H20ClN3O3S. The number of halogens is 1. The Bertz CT molecular complexity index is 1270. The molecule has 0 aliphatic rings. The molecule has 4 aromatic rings. The molecular weight excluding hydrogens is 446 g/mol. The number of para-hydroxylation sites is 1. The van der Waals surface area contributed by atoms with Gasteiger partial charge in [-0.25, -0.2) is 4.98 Å². The number of aryl methyl sites for hydroxylation is 1. The van der Waals surface area contributed by atoms with Gasteiger partial charge in [-0.3, -0.25) is 10.1 Å². The normalized spacial score (nSPS) is 10.7. The maximum Gasteiger partial charge on any atom is 0.264 e. The first-order valence-corrected chi connectivity index (χ1v) is 10.7. The lowest BCUT2D eigenvalue weighted by molar-refractivity contribution is -0.121. The molecule has 0 saturated carbocycles. The highest BCUT2D eigenvalue weighted by atomic mass is 35.5. The monoisotopic (exact) mass is 465 g/mol. The minimum absolute atomic E-state index is 0.124. The van der Waals surface area contributed by atoms with Crippen molar-refractivity contribution in [3.63, 3.8) is 0 Å². The van der Waals surface area contributed by atoms with Gasteiger partial charge in [-0.2, -0.15) is 0 Å². The highest BCUT2D eigenvalue weighted by Crippen LogP contribution is 2.22. The number of carbonyl (C=O) groups is 1. The molecule has 3 aromatic carbocycles. The fourth-order valence-corrected chi connectivity index (χ4v) is 3.49. The number of nitrogens with one attached hydrogen (secondary N) is 2. The fraction of sp³-hybridized carbons (Fsp3) is 0.125. The molecule has 4 rings (SSSR count). The first kappa shape index (κ1) is 21.8. The zero-order valence-electron chi connectivity index (χ0n) is 17.2. The largest absolute Gasteiger partial charge is 0.483 e. The van der Waals surface area contributed by atoms with Crippen molar-refractivity contribution in [2.24, 2.45) is 0 Å². The van der Waals surface area contributed by atoms with Crippen molar-refractivity contribution in [2.75, 3.05) is 11.9 Å². The molecule has 0 saturated heterocycles. The van der Waals surface area contributed by atoms with Gasteiger partial charge in [0.2, 0.25) is 0 Å². The zero-order valence-corrected chi connectivity index (χ0v) is 18.8. The summed E-state index contributed by atoms with van der Waals surface area (Å²) < 4.78 is 11.3. The maximum absolute atomic E-state index is 12.1. The fourth-order valence-electron chi connectivity index (χ4n) is 3.09. The van der Waals surface area contributed by atoms with Crippen LogP contribution in [0.1, 0.15) is 17.0 Å². The van der Waals surface area contributed by atoms with Gasteiger partial charge in [0.05, 0.1) is 0 Å². The third-order valence-electron chi connectivity index (χ3n) is 4.67. The van der Waals surface area contributed by atoms with Crippen molar-refractivity contribution < 1.29 is 13.9 Å². The van der Waals surface area contributed by atoms with E-state index in [1.54, 1.807) is 12.1 Å². The second-order valence-electron chi connectivity index (χ2n) is 7.15. The Hall–Kier alpha value is -3.42. The SMILES string of the molecule is Cc1ccccc1OCC(=O)NC(=S)Nc1ccc(Cc2nc3cc(Cl)ccc3o2)cc1. The molecule has 1 aromatic heterocycles. The number of amides is 1. The van der Waals surface area contributed by atoms with Gasteiger partial charge >= 0.3 is 0 Å². The van der Waals surface area contributed by atoms with E-state index in [1.807, 2.05) is 61.5 Å². The summed E-state index contributed by atoms with van der Waals surface area (Å²) in [5, 5.41) is 6.43. The number of anilines is 1. The topological polar surface area (TPSA) is 76.4 Å². The van der Waals surface area contributed by atoms with E-state index in [1.165, 1.54) is 0 Å². The van der Waals surface area contributed by atoms with E-state index in [9.17, 15) is 4.79 Å². The predicted octanol–water partition coefficient (Wildman–Crippen LogP) is 5.27. The van der Waals surface area contributed by atoms with E-state index < -0.39 is 0 Å². The van der Waals surface area contributed by atoms with E-state index in [0.29, 0.717) is 28.7 Å². The lowest BCUT2D eigenvalue weighted by atomic mass is 10.1. The van der Waals surface area contributed by atoms with Gasteiger partial charge < -0.3 is 14.5 Å². The van der Waals surface area contributed by atoms with Crippen molar-refractivity contribution in [2.45, 2.75) is 13.3 Å². The van der Waals surface area contributed by atoms with Crippen LogP contribution in [0, 0.1) is 6.92 Å². The molecule has 0 fully saturated rings. The Kier molecular flexibility index (Phi) is 6.68. The number of benzene rings is 3. The molecule has 0 spiro atoms. The highest BCUT2D eigenvalue weighted by Gasteiger charge is 2.09. The predicted molar refractivity (Wildman–Crippen MR) is 129 cm³/mol. The summed E-state index contributed by atoms with van der Waals surface area (Å²) in [7, 11) is 0. The molecule has 1 amide bonds. The van der Waals surface area contributed by atoms with E-state index >= 15 is 0 Å². The summed E-state index contributed by atoms with van der Waals surface area (Å²) in [5.41, 5.74) is 4.18. The number of hydrogen-bond acceptors (Lipinski definition) is 5. The number of hydrogen-bond donors (Lipinski definition) is 2. The van der Waals surface area contributed by atoms with Crippen LogP contribution < -0.4 is 15.4 Å². The van der Waals surface area contributed by atoms with E-state index in [-0.39, 0.29) is 17.6 Å². The van der Waals surface area contributed by atoms with E-state index in [2.05, 4.69) is 15.6 Å². The minimum Gasteiger partial charge on any atom is -0.483 e. The average Bonchev–Trinajstić information content (AvgIpc) is 3.16. The van der Waals surface area contributed by atoms with Crippen molar-refractivity contribution in [3.8, 4) is 5.75 Å². The summed E-state index contributed by atoms with van der Waals surface area (Å²) in [4.78, 5) is 16.6. The van der Waals surface area contributed by atoms with E-state index in [4.69, 9.17) is 33.0 Å². The molecule has 0 radical (unpaired) electrons. The molecule has 8 heteroatoms. The number of ether oxygens (including phenoxy) is 1. The smallest absolute Gasteiger partial charge is 0.264 e. The zero-order chi connectivity index (χ0) is 22.5. The molecule has 2 N–H and O–H groups in total. The first-order chi connectivity index (χ1) is 15.5. The van der Waals surface area contributed by atoms with Gasteiger partial charge in [0.1, 0.15) is 11.3 Å². The third-order valence-corrected chi connectivity index (χ3v) is 5.11. The first-order valence-electron chi connectivity index (χ1n) is 9.89. The van der Waals surface area contributed by atoms with Gasteiger partial charge in [-0.1, -0.05) is 41.9 Å². The highest BCUT2D eigenvalue weighted by molar-refractivity contribution is 7.80. The molecule has 0 aliphatic heterocycles. The standard InChI is InChI=1S/C24H20ClN3O3S/c1-15-4-2-3-5-20(15)30-14-22(29)28-24(32)26-18-9-6-16(7-10-18)12-23-27-19-13-17(25)8-11-21(19)31-23/h2-11,13H,12,14H2,1H3,(H2,26,28,29,32). The number of carbonyl (C=O) groups excluding carboxylic acids is 1. The van der Waals surface area contributed by atoms with Crippen LogP contribution in [-0.4, -0.2) is 22.6 Å². The van der Waals surface area contributed by atoms with Gasteiger partial charge in [0.15, 0.2) is 23.2 Å². The van der Waals surface area contributed by atoms with Crippen LogP contribution in [0.15, 0.2) is 71.1 Å². The molecule has 1 heterocycles. The number of nitrogens with zero attached hydrogens (tertiary/aromatic N) is 1. The van der Waals surface area contributed by atoms with Crippen molar-refractivity contribution >= 4 is 51.6 Å². The van der Waals surface area contributed by atoms with Crippen LogP contribution in [0.2, 0.25) is 5.02 Å². The number of fused-ring (bicyclic) bond motifs is 1. The molecule has 0 aliphatic carbocycles. The van der Waals surface area contributed by atoms with Crippen LogP contribution in [0.3, 0.4) is 0 Å².